The van der Waals surface area contributed by atoms with Crippen molar-refractivity contribution < 1.29 is 14.3 Å². The van der Waals surface area contributed by atoms with Gasteiger partial charge in [0.25, 0.3) is 0 Å². The lowest BCUT2D eigenvalue weighted by Gasteiger charge is -2.73. The molecule has 59 heavy (non-hydrogen) atoms. The molecule has 5 fully saturated rings. The summed E-state index contributed by atoms with van der Waals surface area (Å²) in [6.07, 6.45) is 43.9. The summed E-state index contributed by atoms with van der Waals surface area (Å²) in [6.45, 7) is 25.7. The summed E-state index contributed by atoms with van der Waals surface area (Å²) in [4.78, 5) is 13.2. The highest BCUT2D eigenvalue weighted by Gasteiger charge is 2.70. The Morgan fingerprint density at radius 1 is 0.559 bits per heavy atom. The van der Waals surface area contributed by atoms with E-state index in [2.05, 4.69) is 62.0 Å². The SMILES string of the molecule is C=C(C)[C@@H]1CC[C@]2(C)CC[C@]3(C)[C@H](CC[C@@H]4[C@@]5(C)CC[C@H](OC(=O)COCCCCCCCCCCCCCCCCCCCCCCCC)C(C)(C)[C@@H]5CC[C@]43C)[C@@H]12. The van der Waals surface area contributed by atoms with Gasteiger partial charge in [-0.3, -0.25) is 0 Å². The molecule has 5 aliphatic rings. The summed E-state index contributed by atoms with van der Waals surface area (Å²) in [7, 11) is 0. The molecule has 0 aromatic carbocycles. The summed E-state index contributed by atoms with van der Waals surface area (Å²) in [5.74, 6) is 3.57. The van der Waals surface area contributed by atoms with E-state index in [4.69, 9.17) is 9.47 Å². The standard InChI is InChI=1S/C56H100O3/c1-10-11-12-13-14-15-16-17-18-19-20-21-22-23-24-25-26-27-28-29-30-31-42-58-43-50(57)59-49-36-38-54(7)47(52(49,4)5)35-39-56(9)48(54)33-32-46-51-45(44(2)3)34-37-53(51,6)40-41-55(46,56)8/h45-49,51H,2,10-43H2,1,3-9H3/t45-,46+,47-,48+,49-,51+,53+,54-,55+,56+/m0/s1. The summed E-state index contributed by atoms with van der Waals surface area (Å²) < 4.78 is 12.2. The van der Waals surface area contributed by atoms with Gasteiger partial charge in [0.15, 0.2) is 0 Å². The molecule has 0 heterocycles. The summed E-state index contributed by atoms with van der Waals surface area (Å²) in [5.41, 5.74) is 3.03. The normalized spacial score (nSPS) is 36.0. The molecule has 3 heteroatoms. The highest BCUT2D eigenvalue weighted by molar-refractivity contribution is 5.71. The maximum absolute atomic E-state index is 13.2. The molecule has 0 radical (unpaired) electrons. The molecule has 0 saturated heterocycles. The first-order chi connectivity index (χ1) is 28.2. The zero-order chi connectivity index (χ0) is 42.6. The third-order valence-electron chi connectivity index (χ3n) is 19.6. The van der Waals surface area contributed by atoms with Crippen LogP contribution in [0.5, 0.6) is 0 Å². The molecule has 0 aromatic heterocycles. The van der Waals surface area contributed by atoms with Crippen LogP contribution in [0.2, 0.25) is 0 Å². The van der Waals surface area contributed by atoms with E-state index in [0.717, 1.165) is 36.5 Å². The van der Waals surface area contributed by atoms with E-state index >= 15 is 0 Å². The van der Waals surface area contributed by atoms with Crippen LogP contribution in [0.25, 0.3) is 0 Å². The number of fused-ring (bicyclic) bond motifs is 7. The van der Waals surface area contributed by atoms with Crippen LogP contribution >= 0.6 is 0 Å². The van der Waals surface area contributed by atoms with Crippen molar-refractivity contribution in [1.29, 1.82) is 0 Å². The van der Waals surface area contributed by atoms with Crippen LogP contribution < -0.4 is 0 Å². The quantitative estimate of drug-likeness (QED) is 0.0470. The zero-order valence-electron chi connectivity index (χ0n) is 40.9. The van der Waals surface area contributed by atoms with Crippen molar-refractivity contribution in [3.05, 3.63) is 12.2 Å². The minimum Gasteiger partial charge on any atom is -0.460 e. The van der Waals surface area contributed by atoms with Crippen molar-refractivity contribution in [2.75, 3.05) is 13.2 Å². The van der Waals surface area contributed by atoms with Crippen LogP contribution in [-0.2, 0) is 14.3 Å². The highest BCUT2D eigenvalue weighted by Crippen LogP contribution is 2.77. The molecule has 0 unspecified atom stereocenters. The first-order valence-corrected chi connectivity index (χ1v) is 26.7. The molecule has 0 spiro atoms. The van der Waals surface area contributed by atoms with Crippen LogP contribution in [0.4, 0.5) is 0 Å². The molecule has 0 N–H and O–H groups in total. The summed E-state index contributed by atoms with van der Waals surface area (Å²) in [5, 5.41) is 0. The lowest BCUT2D eigenvalue weighted by Crippen LogP contribution is -2.66. The predicted molar refractivity (Wildman–Crippen MR) is 253 cm³/mol. The highest BCUT2D eigenvalue weighted by atomic mass is 16.6. The van der Waals surface area contributed by atoms with Crippen molar-refractivity contribution in [2.24, 2.45) is 56.7 Å². The first-order valence-electron chi connectivity index (χ1n) is 26.7. The Kier molecular flexibility index (Phi) is 18.9. The van der Waals surface area contributed by atoms with E-state index in [1.165, 1.54) is 198 Å². The zero-order valence-corrected chi connectivity index (χ0v) is 40.9. The summed E-state index contributed by atoms with van der Waals surface area (Å²) in [6, 6.07) is 0. The average molecular weight is 821 g/mol. The maximum atomic E-state index is 13.2. The fraction of sp³-hybridized carbons (Fsp3) is 0.946. The number of allylic oxidation sites excluding steroid dienone is 1. The fourth-order valence-corrected chi connectivity index (χ4v) is 15.8. The Labute approximate surface area is 367 Å². The van der Waals surface area contributed by atoms with Gasteiger partial charge in [-0.15, -0.1) is 0 Å². The van der Waals surface area contributed by atoms with Crippen molar-refractivity contribution in [2.45, 2.75) is 267 Å². The maximum Gasteiger partial charge on any atom is 0.332 e. The fourth-order valence-electron chi connectivity index (χ4n) is 15.8. The van der Waals surface area contributed by atoms with Gasteiger partial charge in [-0.25, -0.2) is 4.79 Å². The van der Waals surface area contributed by atoms with E-state index in [9.17, 15) is 4.79 Å². The minimum absolute atomic E-state index is 0.00692. The number of unbranched alkanes of at least 4 members (excludes halogenated alkanes) is 21. The number of carbonyl (C=O) groups is 1. The monoisotopic (exact) mass is 821 g/mol. The van der Waals surface area contributed by atoms with Crippen molar-refractivity contribution in [1.82, 2.24) is 0 Å². The van der Waals surface area contributed by atoms with Crippen LogP contribution in [0, 0.1) is 56.7 Å². The number of rotatable bonds is 27. The second-order valence-corrected chi connectivity index (χ2v) is 23.7. The molecule has 0 aliphatic heterocycles. The molecule has 0 amide bonds. The Bertz CT molecular complexity index is 1270. The van der Waals surface area contributed by atoms with Gasteiger partial charge in [0, 0.05) is 12.0 Å². The summed E-state index contributed by atoms with van der Waals surface area (Å²) >= 11 is 0. The third-order valence-corrected chi connectivity index (χ3v) is 19.6. The first kappa shape index (κ1) is 49.2. The van der Waals surface area contributed by atoms with Crippen molar-refractivity contribution in [3.8, 4) is 0 Å². The van der Waals surface area contributed by atoms with E-state index in [1.807, 2.05) is 0 Å². The van der Waals surface area contributed by atoms with Crippen LogP contribution in [0.3, 0.4) is 0 Å². The van der Waals surface area contributed by atoms with Gasteiger partial charge in [-0.05, 0) is 129 Å². The van der Waals surface area contributed by atoms with Gasteiger partial charge < -0.3 is 9.47 Å². The Morgan fingerprint density at radius 2 is 1.08 bits per heavy atom. The van der Waals surface area contributed by atoms with E-state index < -0.39 is 0 Å². The van der Waals surface area contributed by atoms with Gasteiger partial charge in [0.1, 0.15) is 12.7 Å². The number of carbonyl (C=O) groups excluding carboxylic acids is 1. The smallest absolute Gasteiger partial charge is 0.332 e. The average Bonchev–Trinajstić information content (AvgIpc) is 3.55. The molecule has 3 nitrogen and oxygen atoms in total. The molecule has 10 atom stereocenters. The number of esters is 1. The third kappa shape index (κ3) is 11.7. The van der Waals surface area contributed by atoms with Gasteiger partial charge in [0.05, 0.1) is 0 Å². The Hall–Kier alpha value is -0.830. The van der Waals surface area contributed by atoms with E-state index in [-0.39, 0.29) is 24.1 Å². The number of ether oxygens (including phenoxy) is 2. The van der Waals surface area contributed by atoms with Crippen molar-refractivity contribution in [3.63, 3.8) is 0 Å². The molecule has 342 valence electrons. The molecule has 5 saturated carbocycles. The predicted octanol–water partition coefficient (Wildman–Crippen LogP) is 17.2. The lowest BCUT2D eigenvalue weighted by atomic mass is 9.32. The second kappa shape index (κ2) is 22.7. The van der Waals surface area contributed by atoms with E-state index in [1.54, 1.807) is 0 Å². The van der Waals surface area contributed by atoms with Crippen LogP contribution in [0.1, 0.15) is 261 Å². The number of hydrogen-bond donors (Lipinski definition) is 0. The molecule has 0 aromatic rings. The van der Waals surface area contributed by atoms with Crippen LogP contribution in [-0.4, -0.2) is 25.3 Å². The second-order valence-electron chi connectivity index (χ2n) is 23.7. The topological polar surface area (TPSA) is 35.5 Å². The largest absolute Gasteiger partial charge is 0.460 e. The molecule has 5 aliphatic carbocycles. The van der Waals surface area contributed by atoms with E-state index in [0.29, 0.717) is 34.2 Å². The minimum atomic E-state index is -0.145. The Balaban J connectivity index is 0.903. The lowest BCUT2D eigenvalue weighted by molar-refractivity contribution is -0.249. The molecule has 0 bridgehead atoms. The number of hydrogen-bond acceptors (Lipinski definition) is 3. The molecular formula is C56H100O3. The van der Waals surface area contributed by atoms with Crippen molar-refractivity contribution >= 4 is 5.97 Å². The van der Waals surface area contributed by atoms with Gasteiger partial charge in [-0.1, -0.05) is 195 Å². The van der Waals surface area contributed by atoms with Gasteiger partial charge in [0.2, 0.25) is 0 Å². The van der Waals surface area contributed by atoms with Gasteiger partial charge >= 0.3 is 5.97 Å². The molecular weight excluding hydrogens is 721 g/mol. The molecule has 5 rings (SSSR count). The Morgan fingerprint density at radius 3 is 1.61 bits per heavy atom. The van der Waals surface area contributed by atoms with Gasteiger partial charge in [-0.2, -0.15) is 0 Å². The van der Waals surface area contributed by atoms with Crippen LogP contribution in [0.15, 0.2) is 12.2 Å².